The van der Waals surface area contributed by atoms with Crippen molar-refractivity contribution in [1.29, 1.82) is 0 Å². The van der Waals surface area contributed by atoms with Gasteiger partial charge in [-0.25, -0.2) is 0 Å². The van der Waals surface area contributed by atoms with Crippen LogP contribution in [0.2, 0.25) is 5.02 Å². The van der Waals surface area contributed by atoms with Gasteiger partial charge in [0.05, 0.1) is 11.2 Å². The van der Waals surface area contributed by atoms with Crippen LogP contribution in [-0.2, 0) is 0 Å². The van der Waals surface area contributed by atoms with E-state index in [1.807, 2.05) is 24.3 Å². The molecule has 1 heterocycles. The number of rotatable bonds is 6. The Labute approximate surface area is 127 Å². The molecule has 20 heavy (non-hydrogen) atoms. The highest BCUT2D eigenvalue weighted by Gasteiger charge is 1.99. The molecule has 6 heteroatoms. The summed E-state index contributed by atoms with van der Waals surface area (Å²) in [5.74, 6) is 1.35. The largest absolute Gasteiger partial charge is 0.490 e. The number of hydrogen-bond donors (Lipinski definition) is 1. The number of halogens is 1. The van der Waals surface area contributed by atoms with Crippen molar-refractivity contribution >= 4 is 28.8 Å². The van der Waals surface area contributed by atoms with E-state index in [0.29, 0.717) is 29.0 Å². The van der Waals surface area contributed by atoms with Crippen LogP contribution in [0.1, 0.15) is 5.56 Å². The third-order valence-corrected chi connectivity index (χ3v) is 2.88. The average Bonchev–Trinajstić information content (AvgIpc) is 2.44. The molecule has 2 rings (SSSR count). The quantitative estimate of drug-likeness (QED) is 0.657. The molecule has 0 saturated heterocycles. The first-order valence-corrected chi connectivity index (χ1v) is 6.70. The van der Waals surface area contributed by atoms with Gasteiger partial charge >= 0.3 is 0 Å². The van der Waals surface area contributed by atoms with E-state index in [9.17, 15) is 0 Å². The fourth-order valence-electron chi connectivity index (χ4n) is 1.51. The van der Waals surface area contributed by atoms with Crippen molar-refractivity contribution in [1.82, 2.24) is 4.98 Å². The second-order valence-corrected chi connectivity index (χ2v) is 4.80. The SMILES string of the molecule is NC(=S)c1ccc(OCCOc2cncc(Cl)c2)cc1. The zero-order chi connectivity index (χ0) is 14.4. The van der Waals surface area contributed by atoms with Crippen LogP contribution in [0.3, 0.4) is 0 Å². The fourth-order valence-corrected chi connectivity index (χ4v) is 1.81. The number of thiocarbonyl (C=S) groups is 1. The summed E-state index contributed by atoms with van der Waals surface area (Å²) in [5.41, 5.74) is 6.33. The third kappa shape index (κ3) is 4.36. The topological polar surface area (TPSA) is 57.4 Å². The highest BCUT2D eigenvalue weighted by molar-refractivity contribution is 7.80. The first kappa shape index (κ1) is 14.6. The molecule has 0 spiro atoms. The molecular formula is C14H13ClN2O2S. The van der Waals surface area contributed by atoms with Crippen LogP contribution < -0.4 is 15.2 Å². The zero-order valence-electron chi connectivity index (χ0n) is 10.6. The molecular weight excluding hydrogens is 296 g/mol. The van der Waals surface area contributed by atoms with Gasteiger partial charge in [0, 0.05) is 17.8 Å². The molecule has 0 aliphatic heterocycles. The van der Waals surface area contributed by atoms with Gasteiger partial charge in [0.25, 0.3) is 0 Å². The molecule has 1 aromatic carbocycles. The lowest BCUT2D eigenvalue weighted by molar-refractivity contribution is 0.216. The molecule has 0 amide bonds. The van der Waals surface area contributed by atoms with Crippen molar-refractivity contribution in [3.05, 3.63) is 53.3 Å². The molecule has 0 radical (unpaired) electrons. The number of hydrogen-bond acceptors (Lipinski definition) is 4. The van der Waals surface area contributed by atoms with Crippen molar-refractivity contribution < 1.29 is 9.47 Å². The van der Waals surface area contributed by atoms with Gasteiger partial charge in [0.1, 0.15) is 29.7 Å². The summed E-state index contributed by atoms with van der Waals surface area (Å²) < 4.78 is 11.0. The lowest BCUT2D eigenvalue weighted by Gasteiger charge is -2.08. The third-order valence-electron chi connectivity index (χ3n) is 2.44. The molecule has 4 nitrogen and oxygen atoms in total. The highest BCUT2D eigenvalue weighted by Crippen LogP contribution is 2.15. The van der Waals surface area contributed by atoms with Gasteiger partial charge in [-0.3, -0.25) is 4.98 Å². The summed E-state index contributed by atoms with van der Waals surface area (Å²) in [7, 11) is 0. The van der Waals surface area contributed by atoms with Crippen LogP contribution >= 0.6 is 23.8 Å². The summed E-state index contributed by atoms with van der Waals surface area (Å²) >= 11 is 10.7. The maximum Gasteiger partial charge on any atom is 0.139 e. The van der Waals surface area contributed by atoms with Gasteiger partial charge in [0.15, 0.2) is 0 Å². The zero-order valence-corrected chi connectivity index (χ0v) is 12.2. The molecule has 0 fully saturated rings. The molecule has 0 aliphatic rings. The number of nitrogens with zero attached hydrogens (tertiary/aromatic N) is 1. The number of pyridine rings is 1. The van der Waals surface area contributed by atoms with Crippen molar-refractivity contribution in [2.75, 3.05) is 13.2 Å². The monoisotopic (exact) mass is 308 g/mol. The number of aromatic nitrogens is 1. The van der Waals surface area contributed by atoms with E-state index < -0.39 is 0 Å². The Kier molecular flexibility index (Phi) is 5.15. The summed E-state index contributed by atoms with van der Waals surface area (Å²) in [5, 5.41) is 0.539. The normalized spacial score (nSPS) is 10.1. The van der Waals surface area contributed by atoms with Crippen LogP contribution in [0.5, 0.6) is 11.5 Å². The Balaban J connectivity index is 1.77. The van der Waals surface area contributed by atoms with E-state index in [2.05, 4.69) is 4.98 Å². The van der Waals surface area contributed by atoms with Crippen LogP contribution in [0.25, 0.3) is 0 Å². The minimum Gasteiger partial charge on any atom is -0.490 e. The molecule has 0 saturated carbocycles. The molecule has 0 aliphatic carbocycles. The van der Waals surface area contributed by atoms with Gasteiger partial charge < -0.3 is 15.2 Å². The van der Waals surface area contributed by atoms with E-state index in [-0.39, 0.29) is 0 Å². The first-order chi connectivity index (χ1) is 9.65. The summed E-state index contributed by atoms with van der Waals surface area (Å²) in [6, 6.07) is 8.97. The lowest BCUT2D eigenvalue weighted by atomic mass is 10.2. The van der Waals surface area contributed by atoms with Gasteiger partial charge in [-0.05, 0) is 24.3 Å². The van der Waals surface area contributed by atoms with Crippen LogP contribution in [0, 0.1) is 0 Å². The maximum atomic E-state index is 5.80. The van der Waals surface area contributed by atoms with Gasteiger partial charge in [0.2, 0.25) is 0 Å². The Morgan fingerprint density at radius 1 is 1.10 bits per heavy atom. The minimum atomic E-state index is 0.369. The van der Waals surface area contributed by atoms with Crippen molar-refractivity contribution in [2.45, 2.75) is 0 Å². The second-order valence-electron chi connectivity index (χ2n) is 3.92. The summed E-state index contributed by atoms with van der Waals surface area (Å²) in [6.45, 7) is 0.817. The van der Waals surface area contributed by atoms with Gasteiger partial charge in [-0.2, -0.15) is 0 Å². The minimum absolute atomic E-state index is 0.369. The van der Waals surface area contributed by atoms with E-state index in [4.69, 9.17) is 39.0 Å². The molecule has 1 aromatic heterocycles. The van der Waals surface area contributed by atoms with Gasteiger partial charge in [-0.15, -0.1) is 0 Å². The van der Waals surface area contributed by atoms with Gasteiger partial charge in [-0.1, -0.05) is 23.8 Å². The Hall–Kier alpha value is -1.85. The molecule has 0 atom stereocenters. The standard InChI is InChI=1S/C14H13ClN2O2S/c15-11-7-13(9-17-8-11)19-6-5-18-12-3-1-10(2-4-12)14(16)20/h1-4,7-9H,5-6H2,(H2,16,20). The maximum absolute atomic E-state index is 5.80. The van der Waals surface area contributed by atoms with E-state index in [0.717, 1.165) is 11.3 Å². The molecule has 0 bridgehead atoms. The van der Waals surface area contributed by atoms with E-state index in [1.54, 1.807) is 18.5 Å². The van der Waals surface area contributed by atoms with Crippen molar-refractivity contribution in [3.8, 4) is 11.5 Å². The Bertz CT molecular complexity index is 590. The smallest absolute Gasteiger partial charge is 0.139 e. The van der Waals surface area contributed by atoms with E-state index in [1.165, 1.54) is 0 Å². The predicted octanol–water partition coefficient (Wildman–Crippen LogP) is 2.83. The van der Waals surface area contributed by atoms with Crippen molar-refractivity contribution in [3.63, 3.8) is 0 Å². The number of benzene rings is 1. The second kappa shape index (κ2) is 7.07. The van der Waals surface area contributed by atoms with Crippen LogP contribution in [0.4, 0.5) is 0 Å². The molecule has 2 aromatic rings. The Morgan fingerprint density at radius 2 is 1.75 bits per heavy atom. The molecule has 104 valence electrons. The predicted molar refractivity (Wildman–Crippen MR) is 82.6 cm³/mol. The molecule has 2 N–H and O–H groups in total. The van der Waals surface area contributed by atoms with Crippen LogP contribution in [-0.4, -0.2) is 23.2 Å². The van der Waals surface area contributed by atoms with Crippen LogP contribution in [0.15, 0.2) is 42.7 Å². The summed E-state index contributed by atoms with van der Waals surface area (Å²) in [4.78, 5) is 4.29. The number of nitrogens with two attached hydrogens (primary N) is 1. The first-order valence-electron chi connectivity index (χ1n) is 5.91. The fraction of sp³-hybridized carbons (Fsp3) is 0.143. The Morgan fingerprint density at radius 3 is 2.35 bits per heavy atom. The highest BCUT2D eigenvalue weighted by atomic mass is 35.5. The summed E-state index contributed by atoms with van der Waals surface area (Å²) in [6.07, 6.45) is 3.15. The lowest BCUT2D eigenvalue weighted by Crippen LogP contribution is -2.10. The van der Waals surface area contributed by atoms with E-state index >= 15 is 0 Å². The molecule has 0 unspecified atom stereocenters. The van der Waals surface area contributed by atoms with Crippen molar-refractivity contribution in [2.24, 2.45) is 5.73 Å². The average molecular weight is 309 g/mol. The number of ether oxygens (including phenoxy) is 2.